The molecule has 0 aromatic rings. The lowest BCUT2D eigenvalue weighted by Crippen LogP contribution is -2.24. The SMILES string of the molecule is C=CCC(C)CCC(C)(C)C(C)C1CC1CC/C=C\C1CSC(C2CC2C)=N1. The maximum atomic E-state index is 4.94. The van der Waals surface area contributed by atoms with Gasteiger partial charge in [-0.25, -0.2) is 0 Å². The summed E-state index contributed by atoms with van der Waals surface area (Å²) in [5.41, 5.74) is 0.469. The van der Waals surface area contributed by atoms with E-state index in [0.717, 1.165) is 41.9 Å². The van der Waals surface area contributed by atoms with Gasteiger partial charge in [-0.3, -0.25) is 4.99 Å². The fraction of sp³-hybridized carbons (Fsp3) is 0.808. The van der Waals surface area contributed by atoms with Crippen molar-refractivity contribution >= 4 is 16.8 Å². The molecule has 0 amide bonds. The third kappa shape index (κ3) is 6.00. The second kappa shape index (κ2) is 9.54. The first-order chi connectivity index (χ1) is 13.3. The first kappa shape index (κ1) is 22.2. The predicted molar refractivity (Wildman–Crippen MR) is 127 cm³/mol. The second-order valence-electron chi connectivity index (χ2n) is 10.8. The highest BCUT2D eigenvalue weighted by Gasteiger charge is 2.45. The molecule has 0 saturated heterocycles. The maximum absolute atomic E-state index is 4.94. The molecule has 0 aromatic heterocycles. The average Bonchev–Trinajstić information content (AvgIpc) is 3.54. The number of hydrogen-bond acceptors (Lipinski definition) is 2. The van der Waals surface area contributed by atoms with Crippen LogP contribution < -0.4 is 0 Å². The highest BCUT2D eigenvalue weighted by molar-refractivity contribution is 8.14. The summed E-state index contributed by atoms with van der Waals surface area (Å²) in [5.74, 6) is 6.42. The quantitative estimate of drug-likeness (QED) is 0.304. The van der Waals surface area contributed by atoms with Gasteiger partial charge in [0.2, 0.25) is 0 Å². The zero-order valence-electron chi connectivity index (χ0n) is 19.0. The van der Waals surface area contributed by atoms with E-state index in [0.29, 0.717) is 11.5 Å². The van der Waals surface area contributed by atoms with Crippen LogP contribution in [0.1, 0.15) is 79.6 Å². The normalized spacial score (nSPS) is 34.3. The van der Waals surface area contributed by atoms with Crippen LogP contribution in [-0.4, -0.2) is 16.8 Å². The van der Waals surface area contributed by atoms with Crippen molar-refractivity contribution in [2.45, 2.75) is 85.6 Å². The Labute approximate surface area is 178 Å². The van der Waals surface area contributed by atoms with Crippen LogP contribution in [0, 0.1) is 40.9 Å². The Bertz CT molecular complexity index is 589. The highest BCUT2D eigenvalue weighted by Crippen LogP contribution is 2.53. The summed E-state index contributed by atoms with van der Waals surface area (Å²) >= 11 is 2.01. The molecule has 2 saturated carbocycles. The van der Waals surface area contributed by atoms with Crippen LogP contribution in [0.25, 0.3) is 0 Å². The van der Waals surface area contributed by atoms with Gasteiger partial charge in [-0.05, 0) is 80.0 Å². The number of rotatable bonds is 12. The molecule has 3 rings (SSSR count). The van der Waals surface area contributed by atoms with Gasteiger partial charge in [0.05, 0.1) is 11.1 Å². The van der Waals surface area contributed by atoms with Crippen molar-refractivity contribution in [2.75, 3.05) is 5.75 Å². The van der Waals surface area contributed by atoms with Crippen LogP contribution in [-0.2, 0) is 0 Å². The van der Waals surface area contributed by atoms with E-state index in [9.17, 15) is 0 Å². The molecule has 0 aromatic carbocycles. The molecule has 3 aliphatic rings. The van der Waals surface area contributed by atoms with E-state index in [4.69, 9.17) is 4.99 Å². The van der Waals surface area contributed by atoms with Crippen LogP contribution >= 0.6 is 11.8 Å². The fourth-order valence-corrected chi connectivity index (χ4v) is 6.26. The van der Waals surface area contributed by atoms with Crippen molar-refractivity contribution in [1.82, 2.24) is 0 Å². The number of nitrogens with zero attached hydrogens (tertiary/aromatic N) is 1. The standard InChI is InChI=1S/C26H43NS/c1-7-10-18(2)13-14-26(5,6)20(4)24-16-21(24)11-8-9-12-22-17-28-25(27-22)23-15-19(23)3/h7,9,12,18-24H,1,8,10-11,13-17H2,2-6H3/b12-9-. The molecule has 0 spiro atoms. The van der Waals surface area contributed by atoms with Crippen molar-refractivity contribution in [2.24, 2.45) is 45.9 Å². The number of allylic oxidation sites excluding steroid dienone is 2. The number of thioether (sulfide) groups is 1. The molecule has 2 heteroatoms. The van der Waals surface area contributed by atoms with Crippen molar-refractivity contribution in [3.63, 3.8) is 0 Å². The average molecular weight is 402 g/mol. The lowest BCUT2D eigenvalue weighted by atomic mass is 9.72. The molecule has 1 heterocycles. The molecule has 28 heavy (non-hydrogen) atoms. The smallest absolute Gasteiger partial charge is 0.0783 e. The van der Waals surface area contributed by atoms with E-state index >= 15 is 0 Å². The minimum absolute atomic E-state index is 0.457. The summed E-state index contributed by atoms with van der Waals surface area (Å²) in [6, 6.07) is 0.457. The van der Waals surface area contributed by atoms with Gasteiger partial charge in [-0.2, -0.15) is 0 Å². The molecule has 7 atom stereocenters. The second-order valence-corrected chi connectivity index (χ2v) is 11.8. The molecule has 1 nitrogen and oxygen atoms in total. The van der Waals surface area contributed by atoms with E-state index in [1.165, 1.54) is 49.3 Å². The van der Waals surface area contributed by atoms with Crippen molar-refractivity contribution in [3.8, 4) is 0 Å². The summed E-state index contributed by atoms with van der Waals surface area (Å²) < 4.78 is 0. The molecule has 158 valence electrons. The molecule has 0 radical (unpaired) electrons. The third-order valence-corrected chi connectivity index (χ3v) is 9.10. The Morgan fingerprint density at radius 3 is 2.71 bits per heavy atom. The molecule has 7 unspecified atom stereocenters. The van der Waals surface area contributed by atoms with E-state index < -0.39 is 0 Å². The van der Waals surface area contributed by atoms with Gasteiger partial charge in [0.1, 0.15) is 0 Å². The van der Waals surface area contributed by atoms with Gasteiger partial charge in [0.15, 0.2) is 0 Å². The van der Waals surface area contributed by atoms with Gasteiger partial charge < -0.3 is 0 Å². The van der Waals surface area contributed by atoms with Crippen LogP contribution in [0.15, 0.2) is 29.8 Å². The first-order valence-corrected chi connectivity index (χ1v) is 12.8. The maximum Gasteiger partial charge on any atom is 0.0783 e. The van der Waals surface area contributed by atoms with Crippen LogP contribution in [0.4, 0.5) is 0 Å². The van der Waals surface area contributed by atoms with Crippen molar-refractivity contribution in [1.29, 1.82) is 0 Å². The number of aliphatic imine (C=N–C) groups is 1. The van der Waals surface area contributed by atoms with Gasteiger partial charge in [0.25, 0.3) is 0 Å². The Morgan fingerprint density at radius 1 is 1.29 bits per heavy atom. The van der Waals surface area contributed by atoms with E-state index in [1.54, 1.807) is 0 Å². The highest BCUT2D eigenvalue weighted by atomic mass is 32.2. The zero-order valence-corrected chi connectivity index (χ0v) is 19.8. The summed E-state index contributed by atoms with van der Waals surface area (Å²) in [7, 11) is 0. The van der Waals surface area contributed by atoms with Crippen molar-refractivity contribution in [3.05, 3.63) is 24.8 Å². The van der Waals surface area contributed by atoms with Gasteiger partial charge in [0, 0.05) is 11.7 Å². The predicted octanol–water partition coefficient (Wildman–Crippen LogP) is 7.78. The van der Waals surface area contributed by atoms with Crippen LogP contribution in [0.5, 0.6) is 0 Å². The van der Waals surface area contributed by atoms with Gasteiger partial charge >= 0.3 is 0 Å². The van der Waals surface area contributed by atoms with Gasteiger partial charge in [-0.1, -0.05) is 52.8 Å². The lowest BCUT2D eigenvalue weighted by molar-refractivity contribution is 0.167. The van der Waals surface area contributed by atoms with Gasteiger partial charge in [-0.15, -0.1) is 18.3 Å². The largest absolute Gasteiger partial charge is 0.274 e. The Morgan fingerprint density at radius 2 is 2.04 bits per heavy atom. The third-order valence-electron chi connectivity index (χ3n) is 7.89. The molecule has 0 bridgehead atoms. The molecule has 1 aliphatic heterocycles. The summed E-state index contributed by atoms with van der Waals surface area (Å²) in [5, 5.41) is 1.45. The molecule has 2 fully saturated rings. The Hall–Kier alpha value is -0.500. The lowest BCUT2D eigenvalue weighted by Gasteiger charge is -2.33. The van der Waals surface area contributed by atoms with Crippen LogP contribution in [0.2, 0.25) is 0 Å². The summed E-state index contributed by atoms with van der Waals surface area (Å²) in [6.07, 6.45) is 16.2. The molecular formula is C26H43NS. The molecular weight excluding hydrogens is 358 g/mol. The molecule has 0 N–H and O–H groups in total. The Balaban J connectivity index is 1.34. The number of hydrogen-bond donors (Lipinski definition) is 0. The minimum Gasteiger partial charge on any atom is -0.274 e. The minimum atomic E-state index is 0.457. The van der Waals surface area contributed by atoms with Crippen LogP contribution in [0.3, 0.4) is 0 Å². The van der Waals surface area contributed by atoms with E-state index in [2.05, 4.69) is 59.4 Å². The fourth-order valence-electron chi connectivity index (χ4n) is 4.98. The monoisotopic (exact) mass is 401 g/mol. The Kier molecular flexibility index (Phi) is 7.56. The molecule has 2 aliphatic carbocycles. The zero-order chi connectivity index (χ0) is 20.3. The van der Waals surface area contributed by atoms with E-state index in [-0.39, 0.29) is 0 Å². The topological polar surface area (TPSA) is 12.4 Å². The summed E-state index contributed by atoms with van der Waals surface area (Å²) in [6.45, 7) is 16.1. The first-order valence-electron chi connectivity index (χ1n) is 11.8. The summed E-state index contributed by atoms with van der Waals surface area (Å²) in [4.78, 5) is 4.94. The van der Waals surface area contributed by atoms with Crippen molar-refractivity contribution < 1.29 is 0 Å². The van der Waals surface area contributed by atoms with E-state index in [1.807, 2.05) is 11.8 Å².